The van der Waals surface area contributed by atoms with Gasteiger partial charge in [0.1, 0.15) is 5.75 Å². The predicted molar refractivity (Wildman–Crippen MR) is 88.8 cm³/mol. The Balaban J connectivity index is 1.58. The van der Waals surface area contributed by atoms with Crippen molar-refractivity contribution in [3.8, 4) is 5.75 Å². The van der Waals surface area contributed by atoms with Crippen LogP contribution in [-0.2, 0) is 4.79 Å². The zero-order valence-corrected chi connectivity index (χ0v) is 13.5. The van der Waals surface area contributed by atoms with E-state index in [-0.39, 0.29) is 18.0 Å². The van der Waals surface area contributed by atoms with Gasteiger partial charge in [-0.15, -0.1) is 0 Å². The number of benzene rings is 1. The van der Waals surface area contributed by atoms with Crippen LogP contribution in [0.1, 0.15) is 19.3 Å². The van der Waals surface area contributed by atoms with E-state index in [0.717, 1.165) is 37.4 Å². The van der Waals surface area contributed by atoms with Gasteiger partial charge in [-0.1, -0.05) is 6.07 Å². The highest BCUT2D eigenvalue weighted by Gasteiger charge is 2.30. The second-order valence-corrected chi connectivity index (χ2v) is 6.35. The summed E-state index contributed by atoms with van der Waals surface area (Å²) in [6, 6.07) is 7.89. The van der Waals surface area contributed by atoms with Crippen molar-refractivity contribution in [2.45, 2.75) is 37.5 Å². The first-order valence-electron chi connectivity index (χ1n) is 8.26. The van der Waals surface area contributed by atoms with Crippen molar-refractivity contribution < 1.29 is 14.6 Å². The van der Waals surface area contributed by atoms with Crippen LogP contribution < -0.4 is 20.3 Å². The molecule has 2 saturated heterocycles. The van der Waals surface area contributed by atoms with E-state index in [9.17, 15) is 9.90 Å². The number of nitrogens with zero attached hydrogens (tertiary/aromatic N) is 1. The average Bonchev–Trinajstić information content (AvgIpc) is 3.02. The summed E-state index contributed by atoms with van der Waals surface area (Å²) in [4.78, 5) is 14.6. The molecule has 2 heterocycles. The summed E-state index contributed by atoms with van der Waals surface area (Å²) in [6.45, 7) is 2.28. The molecule has 0 aliphatic carbocycles. The molecule has 3 unspecified atom stereocenters. The fourth-order valence-corrected chi connectivity index (χ4v) is 3.36. The molecular formula is C17H25N3O3. The highest BCUT2D eigenvalue weighted by Crippen LogP contribution is 2.24. The zero-order valence-electron chi connectivity index (χ0n) is 13.5. The van der Waals surface area contributed by atoms with Crippen LogP contribution in [0.25, 0.3) is 0 Å². The minimum atomic E-state index is -0.412. The second-order valence-electron chi connectivity index (χ2n) is 6.35. The van der Waals surface area contributed by atoms with E-state index in [1.165, 1.54) is 0 Å². The third-order valence-electron chi connectivity index (χ3n) is 4.61. The molecule has 1 aromatic carbocycles. The number of rotatable bonds is 4. The van der Waals surface area contributed by atoms with Crippen LogP contribution in [0.2, 0.25) is 0 Å². The smallest absolute Gasteiger partial charge is 0.237 e. The molecule has 3 rings (SSSR count). The van der Waals surface area contributed by atoms with E-state index in [0.29, 0.717) is 13.0 Å². The van der Waals surface area contributed by atoms with Crippen LogP contribution in [0.15, 0.2) is 24.3 Å². The van der Waals surface area contributed by atoms with E-state index < -0.39 is 6.10 Å². The maximum atomic E-state index is 12.3. The minimum Gasteiger partial charge on any atom is -0.497 e. The van der Waals surface area contributed by atoms with Crippen molar-refractivity contribution in [1.29, 1.82) is 0 Å². The first-order valence-corrected chi connectivity index (χ1v) is 8.26. The van der Waals surface area contributed by atoms with Gasteiger partial charge in [-0.3, -0.25) is 4.79 Å². The Labute approximate surface area is 136 Å². The van der Waals surface area contributed by atoms with Gasteiger partial charge in [-0.25, -0.2) is 0 Å². The number of carbonyl (C=O) groups is 1. The number of piperidine rings is 1. The molecule has 1 amide bonds. The van der Waals surface area contributed by atoms with E-state index >= 15 is 0 Å². The number of hydrogen-bond acceptors (Lipinski definition) is 5. The van der Waals surface area contributed by atoms with E-state index in [2.05, 4.69) is 21.6 Å². The number of β-amino-alcohol motifs (C(OH)–C–C–N with tert-alkyl or cyclic N) is 1. The van der Waals surface area contributed by atoms with Crippen LogP contribution in [0.3, 0.4) is 0 Å². The summed E-state index contributed by atoms with van der Waals surface area (Å²) in [5, 5.41) is 15.7. The van der Waals surface area contributed by atoms with Crippen LogP contribution >= 0.6 is 0 Å². The Hall–Kier alpha value is -1.79. The molecule has 0 spiro atoms. The highest BCUT2D eigenvalue weighted by molar-refractivity contribution is 5.82. The molecule has 0 aromatic heterocycles. The lowest BCUT2D eigenvalue weighted by Crippen LogP contribution is -2.51. The van der Waals surface area contributed by atoms with Crippen molar-refractivity contribution in [2.75, 3.05) is 31.6 Å². The molecule has 0 radical (unpaired) electrons. The van der Waals surface area contributed by atoms with Crippen molar-refractivity contribution in [1.82, 2.24) is 10.6 Å². The van der Waals surface area contributed by atoms with Gasteiger partial charge in [0.25, 0.3) is 0 Å². The van der Waals surface area contributed by atoms with Crippen molar-refractivity contribution in [2.24, 2.45) is 0 Å². The molecule has 2 aliphatic heterocycles. The zero-order chi connectivity index (χ0) is 16.2. The Bertz CT molecular complexity index is 552. The number of amides is 1. The number of aliphatic hydroxyl groups excluding tert-OH is 1. The Morgan fingerprint density at radius 2 is 2.35 bits per heavy atom. The van der Waals surface area contributed by atoms with Gasteiger partial charge in [0.05, 0.1) is 19.3 Å². The monoisotopic (exact) mass is 319 g/mol. The first-order chi connectivity index (χ1) is 11.2. The van der Waals surface area contributed by atoms with Gasteiger partial charge in [0.2, 0.25) is 5.91 Å². The Morgan fingerprint density at radius 3 is 3.09 bits per heavy atom. The minimum absolute atomic E-state index is 0.000887. The Morgan fingerprint density at radius 1 is 1.48 bits per heavy atom. The molecule has 6 heteroatoms. The van der Waals surface area contributed by atoms with Crippen molar-refractivity contribution in [3.63, 3.8) is 0 Å². The summed E-state index contributed by atoms with van der Waals surface area (Å²) in [6.07, 6.45) is 2.12. The van der Waals surface area contributed by atoms with Crippen LogP contribution in [0, 0.1) is 0 Å². The predicted octanol–water partition coefficient (Wildman–Crippen LogP) is 0.503. The standard InChI is InChI=1S/C17H25N3O3/c1-23-15-6-2-5-13(8-15)20-7-3-4-12(11-20)19-17(22)16-9-14(21)10-18-16/h2,5-6,8,12,14,16,18,21H,3-4,7,9-11H2,1H3,(H,19,22). The van der Waals surface area contributed by atoms with Crippen LogP contribution in [-0.4, -0.2) is 55.9 Å². The SMILES string of the molecule is COc1cccc(N2CCCC(NC(=O)C3CC(O)CN3)C2)c1. The number of methoxy groups -OCH3 is 1. The Kier molecular flexibility index (Phi) is 5.03. The van der Waals surface area contributed by atoms with E-state index in [1.807, 2.05) is 18.2 Å². The molecule has 1 aromatic rings. The van der Waals surface area contributed by atoms with E-state index in [4.69, 9.17) is 4.74 Å². The normalized spacial score (nSPS) is 27.7. The van der Waals surface area contributed by atoms with Gasteiger partial charge in [0.15, 0.2) is 0 Å². The molecule has 23 heavy (non-hydrogen) atoms. The van der Waals surface area contributed by atoms with Gasteiger partial charge in [-0.2, -0.15) is 0 Å². The van der Waals surface area contributed by atoms with Crippen molar-refractivity contribution in [3.05, 3.63) is 24.3 Å². The van der Waals surface area contributed by atoms with E-state index in [1.54, 1.807) is 7.11 Å². The summed E-state index contributed by atoms with van der Waals surface area (Å²) in [7, 11) is 1.67. The first kappa shape index (κ1) is 16.1. The molecule has 126 valence electrons. The fourth-order valence-electron chi connectivity index (χ4n) is 3.36. The van der Waals surface area contributed by atoms with Crippen LogP contribution in [0.4, 0.5) is 5.69 Å². The third kappa shape index (κ3) is 3.95. The fraction of sp³-hybridized carbons (Fsp3) is 0.588. The molecule has 3 atom stereocenters. The molecule has 6 nitrogen and oxygen atoms in total. The number of ether oxygens (including phenoxy) is 1. The summed E-state index contributed by atoms with van der Waals surface area (Å²) in [5.41, 5.74) is 1.12. The number of carbonyl (C=O) groups excluding carboxylic acids is 1. The van der Waals surface area contributed by atoms with Gasteiger partial charge >= 0.3 is 0 Å². The summed E-state index contributed by atoms with van der Waals surface area (Å²) >= 11 is 0. The van der Waals surface area contributed by atoms with Gasteiger partial charge < -0.3 is 25.4 Å². The summed E-state index contributed by atoms with van der Waals surface area (Å²) in [5.74, 6) is 0.844. The number of anilines is 1. The quantitative estimate of drug-likeness (QED) is 0.754. The molecule has 2 fully saturated rings. The molecule has 3 N–H and O–H groups in total. The lowest BCUT2D eigenvalue weighted by Gasteiger charge is -2.35. The molecule has 2 aliphatic rings. The molecular weight excluding hydrogens is 294 g/mol. The maximum Gasteiger partial charge on any atom is 0.237 e. The average molecular weight is 319 g/mol. The van der Waals surface area contributed by atoms with Gasteiger partial charge in [0, 0.05) is 37.4 Å². The third-order valence-corrected chi connectivity index (χ3v) is 4.61. The number of nitrogens with one attached hydrogen (secondary N) is 2. The summed E-state index contributed by atoms with van der Waals surface area (Å²) < 4.78 is 5.29. The van der Waals surface area contributed by atoms with Crippen LogP contribution in [0.5, 0.6) is 5.75 Å². The van der Waals surface area contributed by atoms with Gasteiger partial charge in [-0.05, 0) is 31.4 Å². The lowest BCUT2D eigenvalue weighted by molar-refractivity contribution is -0.123. The number of hydrogen-bond donors (Lipinski definition) is 3. The maximum absolute atomic E-state index is 12.3. The largest absolute Gasteiger partial charge is 0.497 e. The van der Waals surface area contributed by atoms with Crippen molar-refractivity contribution >= 4 is 11.6 Å². The topological polar surface area (TPSA) is 73.8 Å². The molecule has 0 bridgehead atoms. The number of aliphatic hydroxyl groups is 1. The molecule has 0 saturated carbocycles. The second kappa shape index (κ2) is 7.19. The lowest BCUT2D eigenvalue weighted by atomic mass is 10.0. The highest BCUT2D eigenvalue weighted by atomic mass is 16.5.